The lowest BCUT2D eigenvalue weighted by atomic mass is 9.94. The predicted molar refractivity (Wildman–Crippen MR) is 78.8 cm³/mol. The number of methoxy groups -OCH3 is 1. The fourth-order valence-corrected chi connectivity index (χ4v) is 2.72. The largest absolute Gasteiger partial charge is 0.496 e. The molecule has 1 aliphatic heterocycles. The molecule has 4 nitrogen and oxygen atoms in total. The van der Waals surface area contributed by atoms with E-state index >= 15 is 0 Å². The van der Waals surface area contributed by atoms with Crippen molar-refractivity contribution >= 4 is 11.8 Å². The maximum absolute atomic E-state index is 12.0. The average molecular weight is 281 g/mol. The number of aryl methyl sites for hydroxylation is 1. The first-order chi connectivity index (χ1) is 10.1. The number of amides is 2. The van der Waals surface area contributed by atoms with Crippen molar-refractivity contribution in [2.75, 3.05) is 7.11 Å². The molecule has 0 radical (unpaired) electrons. The highest BCUT2D eigenvalue weighted by Crippen LogP contribution is 2.28. The van der Waals surface area contributed by atoms with Crippen LogP contribution < -0.4 is 10.1 Å². The van der Waals surface area contributed by atoms with Crippen LogP contribution in [0.1, 0.15) is 37.4 Å². The fraction of sp³-hybridized carbons (Fsp3) is 0.176. The summed E-state index contributed by atoms with van der Waals surface area (Å²) in [6.07, 6.45) is 0.555. The maximum atomic E-state index is 12.0. The van der Waals surface area contributed by atoms with Crippen LogP contribution in [-0.4, -0.2) is 18.9 Å². The van der Waals surface area contributed by atoms with Gasteiger partial charge in [-0.15, -0.1) is 0 Å². The van der Waals surface area contributed by atoms with Crippen molar-refractivity contribution in [1.82, 2.24) is 5.32 Å². The van der Waals surface area contributed by atoms with Crippen molar-refractivity contribution in [3.8, 4) is 5.75 Å². The Morgan fingerprint density at radius 3 is 2.57 bits per heavy atom. The molecule has 3 rings (SSSR count). The number of rotatable bonds is 3. The first-order valence-electron chi connectivity index (χ1n) is 6.72. The van der Waals surface area contributed by atoms with Gasteiger partial charge >= 0.3 is 0 Å². The summed E-state index contributed by atoms with van der Waals surface area (Å²) in [6.45, 7) is 2.01. The third-order valence-corrected chi connectivity index (χ3v) is 3.80. The van der Waals surface area contributed by atoms with Crippen LogP contribution >= 0.6 is 0 Å². The van der Waals surface area contributed by atoms with Gasteiger partial charge in [0.25, 0.3) is 11.8 Å². The first kappa shape index (κ1) is 13.4. The smallest absolute Gasteiger partial charge is 0.259 e. The van der Waals surface area contributed by atoms with Gasteiger partial charge in [0.15, 0.2) is 0 Å². The van der Waals surface area contributed by atoms with E-state index in [4.69, 9.17) is 4.74 Å². The second kappa shape index (κ2) is 5.05. The van der Waals surface area contributed by atoms with Gasteiger partial charge in [-0.3, -0.25) is 14.9 Å². The van der Waals surface area contributed by atoms with Crippen LogP contribution in [0.4, 0.5) is 0 Å². The molecule has 0 fully saturated rings. The number of hydrogen-bond donors (Lipinski definition) is 1. The molecule has 21 heavy (non-hydrogen) atoms. The Balaban J connectivity index is 2.09. The minimum atomic E-state index is -0.325. The van der Waals surface area contributed by atoms with E-state index in [9.17, 15) is 9.59 Å². The number of carbonyl (C=O) groups is 2. The zero-order valence-corrected chi connectivity index (χ0v) is 11.9. The third-order valence-electron chi connectivity index (χ3n) is 3.80. The van der Waals surface area contributed by atoms with Crippen LogP contribution in [0.25, 0.3) is 0 Å². The maximum Gasteiger partial charge on any atom is 0.259 e. The molecule has 0 aliphatic carbocycles. The standard InChI is InChI=1S/C17H15NO3/c1-10-5-3-8-14(21-2)13(10)9-11-6-4-7-12-15(11)17(20)18-16(12)19/h3-8H,9H2,1-2H3,(H,18,19,20). The normalized spacial score (nSPS) is 13.0. The monoisotopic (exact) mass is 281 g/mol. The van der Waals surface area contributed by atoms with Crippen molar-refractivity contribution in [2.45, 2.75) is 13.3 Å². The van der Waals surface area contributed by atoms with Crippen molar-refractivity contribution in [3.63, 3.8) is 0 Å². The first-order valence-corrected chi connectivity index (χ1v) is 6.72. The van der Waals surface area contributed by atoms with Crippen LogP contribution in [0.5, 0.6) is 5.75 Å². The van der Waals surface area contributed by atoms with Crippen LogP contribution in [-0.2, 0) is 6.42 Å². The molecule has 0 spiro atoms. The molecule has 2 aromatic carbocycles. The number of carbonyl (C=O) groups excluding carboxylic acids is 2. The Morgan fingerprint density at radius 1 is 1.05 bits per heavy atom. The van der Waals surface area contributed by atoms with E-state index in [1.165, 1.54) is 0 Å². The Labute approximate surface area is 122 Å². The van der Waals surface area contributed by atoms with Crippen LogP contribution in [0, 0.1) is 6.92 Å². The van der Waals surface area contributed by atoms with Crippen LogP contribution in [0.3, 0.4) is 0 Å². The highest BCUT2D eigenvalue weighted by molar-refractivity contribution is 6.22. The summed E-state index contributed by atoms with van der Waals surface area (Å²) in [4.78, 5) is 23.7. The Kier molecular flexibility index (Phi) is 3.22. The summed E-state index contributed by atoms with van der Waals surface area (Å²) in [5.41, 5.74) is 3.89. The Morgan fingerprint density at radius 2 is 1.81 bits per heavy atom. The summed E-state index contributed by atoms with van der Waals surface area (Å²) in [6, 6.07) is 11.2. The van der Waals surface area contributed by atoms with E-state index < -0.39 is 0 Å². The molecule has 2 aromatic rings. The van der Waals surface area contributed by atoms with E-state index in [2.05, 4.69) is 5.32 Å². The summed E-state index contributed by atoms with van der Waals surface area (Å²) in [5, 5.41) is 2.34. The van der Waals surface area contributed by atoms with Crippen molar-refractivity contribution in [1.29, 1.82) is 0 Å². The molecule has 106 valence electrons. The molecule has 1 N–H and O–H groups in total. The highest BCUT2D eigenvalue weighted by Gasteiger charge is 2.29. The topological polar surface area (TPSA) is 55.4 Å². The van der Waals surface area contributed by atoms with Crippen LogP contribution in [0.15, 0.2) is 36.4 Å². The van der Waals surface area contributed by atoms with E-state index in [1.807, 2.05) is 31.2 Å². The second-order valence-electron chi connectivity index (χ2n) is 5.06. The predicted octanol–water partition coefficient (Wildman–Crippen LogP) is 2.48. The molecule has 0 saturated carbocycles. The van der Waals surface area contributed by atoms with Crippen molar-refractivity contribution in [2.24, 2.45) is 0 Å². The molecular formula is C17H15NO3. The quantitative estimate of drug-likeness (QED) is 0.879. The van der Waals surface area contributed by atoms with Crippen molar-refractivity contribution < 1.29 is 14.3 Å². The summed E-state index contributed by atoms with van der Waals surface area (Å²) >= 11 is 0. The zero-order chi connectivity index (χ0) is 15.0. The molecule has 1 heterocycles. The number of benzene rings is 2. The lowest BCUT2D eigenvalue weighted by Gasteiger charge is -2.13. The molecule has 2 amide bonds. The molecule has 0 bridgehead atoms. The fourth-order valence-electron chi connectivity index (χ4n) is 2.72. The van der Waals surface area contributed by atoms with E-state index in [1.54, 1.807) is 19.2 Å². The van der Waals surface area contributed by atoms with Gasteiger partial charge in [0.2, 0.25) is 0 Å². The number of nitrogens with one attached hydrogen (secondary N) is 1. The van der Waals surface area contributed by atoms with Gasteiger partial charge in [-0.05, 0) is 30.2 Å². The lowest BCUT2D eigenvalue weighted by molar-refractivity contribution is 0.0879. The molecular weight excluding hydrogens is 266 g/mol. The number of fused-ring (bicyclic) bond motifs is 1. The molecule has 0 atom stereocenters. The SMILES string of the molecule is COc1cccc(C)c1Cc1cccc2c1C(=O)NC2=O. The highest BCUT2D eigenvalue weighted by atomic mass is 16.5. The van der Waals surface area contributed by atoms with Gasteiger partial charge in [0.05, 0.1) is 18.2 Å². The van der Waals surface area contributed by atoms with Gasteiger partial charge < -0.3 is 4.74 Å². The summed E-state index contributed by atoms with van der Waals surface area (Å²) in [5.74, 6) is 0.143. The third kappa shape index (κ3) is 2.18. The van der Waals surface area contributed by atoms with Gasteiger partial charge in [-0.2, -0.15) is 0 Å². The van der Waals surface area contributed by atoms with E-state index in [0.29, 0.717) is 17.5 Å². The summed E-state index contributed by atoms with van der Waals surface area (Å²) < 4.78 is 5.40. The van der Waals surface area contributed by atoms with Gasteiger partial charge in [0.1, 0.15) is 5.75 Å². The average Bonchev–Trinajstić information content (AvgIpc) is 2.77. The second-order valence-corrected chi connectivity index (χ2v) is 5.06. The number of hydrogen-bond acceptors (Lipinski definition) is 3. The van der Waals surface area contributed by atoms with E-state index in [0.717, 1.165) is 22.4 Å². The van der Waals surface area contributed by atoms with E-state index in [-0.39, 0.29) is 11.8 Å². The number of ether oxygens (including phenoxy) is 1. The Bertz CT molecular complexity index is 750. The Hall–Kier alpha value is -2.62. The molecule has 0 aromatic heterocycles. The zero-order valence-electron chi connectivity index (χ0n) is 11.9. The van der Waals surface area contributed by atoms with Crippen LogP contribution in [0.2, 0.25) is 0 Å². The molecule has 1 aliphatic rings. The molecule has 0 saturated heterocycles. The lowest BCUT2D eigenvalue weighted by Crippen LogP contribution is -2.20. The number of imide groups is 1. The molecule has 4 heteroatoms. The van der Waals surface area contributed by atoms with Gasteiger partial charge in [-0.25, -0.2) is 0 Å². The van der Waals surface area contributed by atoms with Gasteiger partial charge in [0, 0.05) is 12.0 Å². The summed E-state index contributed by atoms with van der Waals surface area (Å²) in [7, 11) is 1.63. The minimum Gasteiger partial charge on any atom is -0.496 e. The molecule has 0 unspecified atom stereocenters. The van der Waals surface area contributed by atoms with Crippen molar-refractivity contribution in [3.05, 3.63) is 64.2 Å². The van der Waals surface area contributed by atoms with Gasteiger partial charge in [-0.1, -0.05) is 24.3 Å². The minimum absolute atomic E-state index is 0.321.